The monoisotopic (exact) mass is 447 g/mol. The number of aromatic amines is 1. The van der Waals surface area contributed by atoms with Crippen LogP contribution in [0.25, 0.3) is 0 Å². The summed E-state index contributed by atoms with van der Waals surface area (Å²) in [6, 6.07) is 13.1. The number of phenolic OH excluding ortho intramolecular Hbond substituents is 1. The number of rotatable bonds is 8. The van der Waals surface area contributed by atoms with Crippen molar-refractivity contribution in [1.29, 1.82) is 0 Å². The van der Waals surface area contributed by atoms with Crippen molar-refractivity contribution in [3.05, 3.63) is 58.1 Å². The van der Waals surface area contributed by atoms with Crippen molar-refractivity contribution in [2.75, 3.05) is 12.0 Å². The van der Waals surface area contributed by atoms with E-state index >= 15 is 0 Å². The smallest absolute Gasteiger partial charge is 0.240 e. The van der Waals surface area contributed by atoms with Crippen LogP contribution in [0.15, 0.2) is 57.2 Å². The Hall–Kier alpha value is -2.52. The third kappa shape index (κ3) is 5.73. The summed E-state index contributed by atoms with van der Waals surface area (Å²) in [5.74, 6) is 1.75. The summed E-state index contributed by atoms with van der Waals surface area (Å²) in [4.78, 5) is 4.34. The van der Waals surface area contributed by atoms with E-state index in [-0.39, 0.29) is 5.75 Å². The summed E-state index contributed by atoms with van der Waals surface area (Å²) < 4.78 is 6.40. The van der Waals surface area contributed by atoms with Crippen molar-refractivity contribution < 1.29 is 9.84 Å². The Labute approximate surface area is 169 Å². The standard InChI is InChI=1S/C18H18BrN5O2S/c1-2-26-16-9-12(6-7-15(16)25)10-20-22-17-21-18(24-23-17)27-11-13-4-3-5-14(19)8-13/h3-10,25H,2,11H2,1H3,(H2,21,22,23,24)/b20-10+. The molecule has 0 aliphatic heterocycles. The van der Waals surface area contributed by atoms with Gasteiger partial charge in [0.1, 0.15) is 0 Å². The number of hydrogen-bond donors (Lipinski definition) is 3. The van der Waals surface area contributed by atoms with Gasteiger partial charge in [0.2, 0.25) is 11.1 Å². The van der Waals surface area contributed by atoms with E-state index in [0.717, 1.165) is 15.8 Å². The Morgan fingerprint density at radius 2 is 2.22 bits per heavy atom. The summed E-state index contributed by atoms with van der Waals surface area (Å²) in [6.45, 7) is 2.34. The minimum Gasteiger partial charge on any atom is -0.504 e. The van der Waals surface area contributed by atoms with Crippen LogP contribution in [0.4, 0.5) is 5.95 Å². The summed E-state index contributed by atoms with van der Waals surface area (Å²) in [6.07, 6.45) is 1.61. The Bertz CT molecular complexity index is 932. The number of nitrogens with zero attached hydrogens (tertiary/aromatic N) is 3. The summed E-state index contributed by atoms with van der Waals surface area (Å²) in [5, 5.41) is 21.4. The number of anilines is 1. The van der Waals surface area contributed by atoms with Gasteiger partial charge in [0.25, 0.3) is 0 Å². The molecule has 2 aromatic carbocycles. The van der Waals surface area contributed by atoms with Gasteiger partial charge >= 0.3 is 0 Å². The molecule has 0 spiro atoms. The zero-order chi connectivity index (χ0) is 19.1. The molecule has 0 atom stereocenters. The fourth-order valence-electron chi connectivity index (χ4n) is 2.19. The topological polar surface area (TPSA) is 95.4 Å². The van der Waals surface area contributed by atoms with Crippen LogP contribution < -0.4 is 10.2 Å². The minimum absolute atomic E-state index is 0.101. The van der Waals surface area contributed by atoms with E-state index in [1.54, 1.807) is 24.4 Å². The first-order chi connectivity index (χ1) is 13.1. The first-order valence-corrected chi connectivity index (χ1v) is 9.96. The highest BCUT2D eigenvalue weighted by atomic mass is 79.9. The molecule has 0 fully saturated rings. The summed E-state index contributed by atoms with van der Waals surface area (Å²) in [5.41, 5.74) is 4.77. The van der Waals surface area contributed by atoms with Crippen LogP contribution in [0, 0.1) is 0 Å². The van der Waals surface area contributed by atoms with Gasteiger partial charge in [-0.3, -0.25) is 0 Å². The molecule has 0 radical (unpaired) electrons. The number of phenols is 1. The highest BCUT2D eigenvalue weighted by Crippen LogP contribution is 2.26. The van der Waals surface area contributed by atoms with Crippen LogP contribution >= 0.6 is 27.7 Å². The van der Waals surface area contributed by atoms with Crippen LogP contribution in [-0.2, 0) is 5.75 Å². The molecular formula is C18H18BrN5O2S. The highest BCUT2D eigenvalue weighted by molar-refractivity contribution is 9.10. The normalized spacial score (nSPS) is 11.0. The predicted octanol–water partition coefficient (Wildman–Crippen LogP) is 4.41. The van der Waals surface area contributed by atoms with Gasteiger partial charge < -0.3 is 9.84 Å². The average Bonchev–Trinajstić information content (AvgIpc) is 3.11. The highest BCUT2D eigenvalue weighted by Gasteiger charge is 2.05. The van der Waals surface area contributed by atoms with E-state index in [1.807, 2.05) is 19.1 Å². The first kappa shape index (κ1) is 19.2. The van der Waals surface area contributed by atoms with E-state index in [4.69, 9.17) is 4.74 Å². The second-order valence-electron chi connectivity index (χ2n) is 5.42. The lowest BCUT2D eigenvalue weighted by Gasteiger charge is -2.05. The average molecular weight is 448 g/mol. The van der Waals surface area contributed by atoms with E-state index in [1.165, 1.54) is 17.3 Å². The maximum atomic E-state index is 9.71. The molecule has 3 N–H and O–H groups in total. The van der Waals surface area contributed by atoms with E-state index in [9.17, 15) is 5.11 Å². The number of hydrazone groups is 1. The van der Waals surface area contributed by atoms with E-state index < -0.39 is 0 Å². The molecule has 0 saturated carbocycles. The SMILES string of the molecule is CCOc1cc(/C=N/Nc2nc(SCc3cccc(Br)c3)n[nH]2)ccc1O. The van der Waals surface area contributed by atoms with Crippen molar-refractivity contribution in [3.8, 4) is 11.5 Å². The number of ether oxygens (including phenoxy) is 1. The largest absolute Gasteiger partial charge is 0.504 e. The zero-order valence-electron chi connectivity index (χ0n) is 14.5. The quantitative estimate of drug-likeness (QED) is 0.269. The molecule has 0 aliphatic rings. The van der Waals surface area contributed by atoms with Crippen LogP contribution in [0.1, 0.15) is 18.1 Å². The van der Waals surface area contributed by atoms with Crippen molar-refractivity contribution in [2.24, 2.45) is 5.10 Å². The van der Waals surface area contributed by atoms with Crippen molar-refractivity contribution >= 4 is 39.9 Å². The number of H-pyrrole nitrogens is 1. The van der Waals surface area contributed by atoms with Crippen LogP contribution in [0.5, 0.6) is 11.5 Å². The molecule has 0 unspecified atom stereocenters. The molecular weight excluding hydrogens is 430 g/mol. The van der Waals surface area contributed by atoms with Crippen molar-refractivity contribution in [1.82, 2.24) is 15.2 Å². The fraction of sp³-hybridized carbons (Fsp3) is 0.167. The fourth-order valence-corrected chi connectivity index (χ4v) is 3.37. The number of hydrogen-bond acceptors (Lipinski definition) is 7. The zero-order valence-corrected chi connectivity index (χ0v) is 16.9. The molecule has 1 aromatic heterocycles. The molecule has 0 amide bonds. The minimum atomic E-state index is 0.101. The predicted molar refractivity (Wildman–Crippen MR) is 111 cm³/mol. The number of benzene rings is 2. The molecule has 0 bridgehead atoms. The van der Waals surface area contributed by atoms with E-state index in [2.05, 4.69) is 53.8 Å². The maximum Gasteiger partial charge on any atom is 0.240 e. The molecule has 3 aromatic rings. The van der Waals surface area contributed by atoms with Crippen molar-refractivity contribution in [3.63, 3.8) is 0 Å². The Kier molecular flexibility index (Phi) is 6.72. The molecule has 140 valence electrons. The number of halogens is 1. The lowest BCUT2D eigenvalue weighted by molar-refractivity contribution is 0.318. The Morgan fingerprint density at radius 1 is 1.33 bits per heavy atom. The van der Waals surface area contributed by atoms with Gasteiger partial charge in [-0.15, -0.1) is 5.10 Å². The van der Waals surface area contributed by atoms with Crippen LogP contribution in [0.2, 0.25) is 0 Å². The maximum absolute atomic E-state index is 9.71. The third-order valence-electron chi connectivity index (χ3n) is 3.39. The van der Waals surface area contributed by atoms with Crippen LogP contribution in [-0.4, -0.2) is 33.1 Å². The Morgan fingerprint density at radius 3 is 3.04 bits per heavy atom. The van der Waals surface area contributed by atoms with Gasteiger partial charge in [-0.2, -0.15) is 10.1 Å². The van der Waals surface area contributed by atoms with Gasteiger partial charge in [-0.25, -0.2) is 10.5 Å². The Balaban J connectivity index is 1.54. The van der Waals surface area contributed by atoms with Crippen LogP contribution in [0.3, 0.4) is 0 Å². The van der Waals surface area contributed by atoms with Gasteiger partial charge in [0.05, 0.1) is 12.8 Å². The molecule has 1 heterocycles. The third-order valence-corrected chi connectivity index (χ3v) is 4.80. The summed E-state index contributed by atoms with van der Waals surface area (Å²) >= 11 is 4.99. The molecule has 3 rings (SSSR count). The molecule has 27 heavy (non-hydrogen) atoms. The van der Waals surface area contributed by atoms with Gasteiger partial charge in [0.15, 0.2) is 11.5 Å². The molecule has 0 saturated heterocycles. The van der Waals surface area contributed by atoms with E-state index in [0.29, 0.717) is 23.5 Å². The summed E-state index contributed by atoms with van der Waals surface area (Å²) in [7, 11) is 0. The number of aromatic nitrogens is 3. The second kappa shape index (κ2) is 9.43. The number of aromatic hydroxyl groups is 1. The molecule has 0 aliphatic carbocycles. The number of thioether (sulfide) groups is 1. The van der Waals surface area contributed by atoms with Crippen molar-refractivity contribution in [2.45, 2.75) is 17.8 Å². The number of nitrogens with one attached hydrogen (secondary N) is 2. The lowest BCUT2D eigenvalue weighted by atomic mass is 10.2. The van der Waals surface area contributed by atoms with Gasteiger partial charge in [0, 0.05) is 10.2 Å². The molecule has 9 heteroatoms. The first-order valence-electron chi connectivity index (χ1n) is 8.18. The second-order valence-corrected chi connectivity index (χ2v) is 7.27. The van der Waals surface area contributed by atoms with Gasteiger partial charge in [-0.05, 0) is 48.4 Å². The lowest BCUT2D eigenvalue weighted by Crippen LogP contribution is -1.95. The van der Waals surface area contributed by atoms with Gasteiger partial charge in [-0.1, -0.05) is 39.8 Å². The molecule has 7 nitrogen and oxygen atoms in total.